The molecule has 1 amide bonds. The van der Waals surface area contributed by atoms with Gasteiger partial charge in [0.2, 0.25) is 11.9 Å². The molecule has 0 aromatic carbocycles. The summed E-state index contributed by atoms with van der Waals surface area (Å²) in [4.78, 5) is 31.9. The lowest BCUT2D eigenvalue weighted by Gasteiger charge is -2.43. The molecule has 0 unspecified atom stereocenters. The summed E-state index contributed by atoms with van der Waals surface area (Å²) in [5.41, 5.74) is 0.115. The Balaban J connectivity index is 0.000000339. The molecule has 1 aromatic rings. The second-order valence-electron chi connectivity index (χ2n) is 8.28. The molecule has 2 N–H and O–H groups in total. The van der Waals surface area contributed by atoms with Crippen LogP contribution in [-0.4, -0.2) is 65.5 Å². The summed E-state index contributed by atoms with van der Waals surface area (Å²) in [6.07, 6.45) is 4.99. The number of nitrogens with zero attached hydrogens (tertiary/aromatic N) is 3. The quantitative estimate of drug-likeness (QED) is 0.694. The van der Waals surface area contributed by atoms with Crippen molar-refractivity contribution in [2.45, 2.75) is 50.8 Å². The highest BCUT2D eigenvalue weighted by Gasteiger charge is 2.48. The van der Waals surface area contributed by atoms with Crippen LogP contribution in [0.4, 0.5) is 19.1 Å². The fourth-order valence-electron chi connectivity index (χ4n) is 4.14. The van der Waals surface area contributed by atoms with Crippen LogP contribution in [0.3, 0.4) is 0 Å². The smallest absolute Gasteiger partial charge is 0.475 e. The Morgan fingerprint density at radius 2 is 1.94 bits per heavy atom. The largest absolute Gasteiger partial charge is 0.490 e. The minimum atomic E-state index is -5.08. The minimum absolute atomic E-state index is 0.115. The maximum atomic E-state index is 11.9. The van der Waals surface area contributed by atoms with E-state index in [2.05, 4.69) is 20.2 Å². The van der Waals surface area contributed by atoms with Gasteiger partial charge in [-0.05, 0) is 44.1 Å². The van der Waals surface area contributed by atoms with E-state index >= 15 is 0 Å². The minimum Gasteiger partial charge on any atom is -0.475 e. The zero-order chi connectivity index (χ0) is 22.5. The number of piperidine rings is 1. The number of carbonyl (C=O) groups is 2. The highest BCUT2D eigenvalue weighted by atomic mass is 19.4. The Kier molecular flexibility index (Phi) is 7.34. The number of carboxylic acid groups (broad SMARTS) is 1. The van der Waals surface area contributed by atoms with Gasteiger partial charge < -0.3 is 20.1 Å². The van der Waals surface area contributed by atoms with Crippen molar-refractivity contribution in [1.82, 2.24) is 15.3 Å². The summed E-state index contributed by atoms with van der Waals surface area (Å²) in [7, 11) is 0. The monoisotopic (exact) mass is 444 g/mol. The van der Waals surface area contributed by atoms with Crippen molar-refractivity contribution in [3.05, 3.63) is 18.5 Å². The molecule has 3 aliphatic rings. The molecule has 1 aromatic heterocycles. The molecule has 0 bridgehead atoms. The molecular weight excluding hydrogens is 417 g/mol. The van der Waals surface area contributed by atoms with Gasteiger partial charge in [-0.15, -0.1) is 0 Å². The van der Waals surface area contributed by atoms with Gasteiger partial charge >= 0.3 is 12.1 Å². The molecule has 0 radical (unpaired) electrons. The van der Waals surface area contributed by atoms with Crippen LogP contribution in [-0.2, 0) is 14.3 Å². The maximum Gasteiger partial charge on any atom is 0.490 e. The number of aliphatic carboxylic acids is 1. The number of rotatable bonds is 6. The first-order valence-electron chi connectivity index (χ1n) is 10.4. The zero-order valence-corrected chi connectivity index (χ0v) is 17.1. The van der Waals surface area contributed by atoms with Crippen LogP contribution in [0.5, 0.6) is 0 Å². The van der Waals surface area contributed by atoms with Crippen LogP contribution < -0.4 is 10.2 Å². The predicted molar refractivity (Wildman–Crippen MR) is 104 cm³/mol. The maximum absolute atomic E-state index is 11.9. The Bertz CT molecular complexity index is 761. The average molecular weight is 444 g/mol. The first-order chi connectivity index (χ1) is 14.7. The molecule has 2 saturated heterocycles. The molecular formula is C20H27F3N4O4. The summed E-state index contributed by atoms with van der Waals surface area (Å²) in [6, 6.07) is 1.85. The number of fused-ring (bicyclic) bond motifs is 1. The Morgan fingerprint density at radius 1 is 1.26 bits per heavy atom. The Hall–Kier alpha value is -2.43. The third-order valence-corrected chi connectivity index (χ3v) is 5.96. The summed E-state index contributed by atoms with van der Waals surface area (Å²) in [5.74, 6) is -1.10. The molecule has 1 aliphatic carbocycles. The number of halogens is 3. The van der Waals surface area contributed by atoms with E-state index in [0.29, 0.717) is 18.4 Å². The van der Waals surface area contributed by atoms with Gasteiger partial charge in [0.25, 0.3) is 0 Å². The van der Waals surface area contributed by atoms with E-state index in [4.69, 9.17) is 14.6 Å². The molecule has 1 saturated carbocycles. The second kappa shape index (κ2) is 9.80. The topological polar surface area (TPSA) is 105 Å². The van der Waals surface area contributed by atoms with Crippen LogP contribution in [0.2, 0.25) is 0 Å². The second-order valence-corrected chi connectivity index (χ2v) is 8.28. The van der Waals surface area contributed by atoms with E-state index in [9.17, 15) is 18.0 Å². The predicted octanol–water partition coefficient (Wildman–Crippen LogP) is 2.40. The number of nitrogens with one attached hydrogen (secondary N) is 1. The van der Waals surface area contributed by atoms with E-state index in [1.807, 2.05) is 6.07 Å². The van der Waals surface area contributed by atoms with Gasteiger partial charge in [0, 0.05) is 50.5 Å². The van der Waals surface area contributed by atoms with Crippen molar-refractivity contribution in [2.24, 2.45) is 11.3 Å². The van der Waals surface area contributed by atoms with Crippen molar-refractivity contribution in [3.63, 3.8) is 0 Å². The molecule has 0 spiro atoms. The Labute approximate surface area is 178 Å². The summed E-state index contributed by atoms with van der Waals surface area (Å²) in [6.45, 7) is 3.42. The normalized spacial score (nSPS) is 25.3. The van der Waals surface area contributed by atoms with Crippen molar-refractivity contribution >= 4 is 17.8 Å². The van der Waals surface area contributed by atoms with E-state index in [1.165, 1.54) is 12.8 Å². The summed E-state index contributed by atoms with van der Waals surface area (Å²) >= 11 is 0. The van der Waals surface area contributed by atoms with Gasteiger partial charge in [0.15, 0.2) is 0 Å². The van der Waals surface area contributed by atoms with Crippen molar-refractivity contribution in [2.75, 3.05) is 31.1 Å². The number of aromatic nitrogens is 2. The molecule has 8 nitrogen and oxygen atoms in total. The highest BCUT2D eigenvalue weighted by molar-refractivity contribution is 5.76. The van der Waals surface area contributed by atoms with Gasteiger partial charge in [-0.2, -0.15) is 13.2 Å². The molecule has 2 aliphatic heterocycles. The van der Waals surface area contributed by atoms with Crippen molar-refractivity contribution in [1.29, 1.82) is 0 Å². The van der Waals surface area contributed by atoms with Gasteiger partial charge in [-0.1, -0.05) is 0 Å². The molecule has 172 valence electrons. The van der Waals surface area contributed by atoms with Crippen LogP contribution in [0.15, 0.2) is 18.5 Å². The van der Waals surface area contributed by atoms with Gasteiger partial charge in [0.05, 0.1) is 6.10 Å². The van der Waals surface area contributed by atoms with Gasteiger partial charge in [-0.3, -0.25) is 4.79 Å². The summed E-state index contributed by atoms with van der Waals surface area (Å²) < 4.78 is 37.7. The number of alkyl halides is 3. The van der Waals surface area contributed by atoms with Gasteiger partial charge in [-0.25, -0.2) is 14.8 Å². The fraction of sp³-hybridized carbons (Fsp3) is 0.700. The molecule has 4 rings (SSSR count). The van der Waals surface area contributed by atoms with E-state index in [-0.39, 0.29) is 11.3 Å². The number of ether oxygens (including phenoxy) is 1. The number of amides is 1. The number of carbonyl (C=O) groups excluding carboxylic acids is 1. The average Bonchev–Trinajstić information content (AvgIpc) is 3.43. The first-order valence-corrected chi connectivity index (χ1v) is 10.4. The number of carboxylic acids is 1. The lowest BCUT2D eigenvalue weighted by Crippen LogP contribution is -2.51. The van der Waals surface area contributed by atoms with Crippen LogP contribution in [0, 0.1) is 11.3 Å². The standard InChI is InChI=1S/C18H26N4O2.C2HF3O2/c23-16(12-14-2-3-14)19-9-5-18-6-11-24-15(18)4-10-22(13-18)17-20-7-1-8-21-17;3-2(4,5)1(6)7/h1,7-8,14-15H,2-6,9-13H2,(H,19,23);(H,6,7)/t15-,18+;/m1./s1. The SMILES string of the molecule is O=C(CC1CC1)NCC[C@@]12CCO[C@@H]1CCN(c1ncccn1)C2.O=C(O)C(F)(F)F. The van der Waals surface area contributed by atoms with Crippen molar-refractivity contribution in [3.8, 4) is 0 Å². The number of anilines is 1. The van der Waals surface area contributed by atoms with Crippen LogP contribution in [0.1, 0.15) is 38.5 Å². The third kappa shape index (κ3) is 6.52. The fourth-order valence-corrected chi connectivity index (χ4v) is 4.14. The molecule has 2 atom stereocenters. The first kappa shape index (κ1) is 23.2. The van der Waals surface area contributed by atoms with E-state index in [1.54, 1.807) is 12.4 Å². The van der Waals surface area contributed by atoms with Crippen LogP contribution in [0.25, 0.3) is 0 Å². The lowest BCUT2D eigenvalue weighted by atomic mass is 9.74. The molecule has 3 heterocycles. The van der Waals surface area contributed by atoms with E-state index < -0.39 is 12.1 Å². The molecule has 31 heavy (non-hydrogen) atoms. The van der Waals surface area contributed by atoms with Gasteiger partial charge in [0.1, 0.15) is 0 Å². The zero-order valence-electron chi connectivity index (χ0n) is 17.1. The molecule has 3 fully saturated rings. The lowest BCUT2D eigenvalue weighted by molar-refractivity contribution is -0.192. The van der Waals surface area contributed by atoms with Crippen molar-refractivity contribution < 1.29 is 32.6 Å². The van der Waals surface area contributed by atoms with E-state index in [0.717, 1.165) is 51.5 Å². The number of hydrogen-bond donors (Lipinski definition) is 2. The third-order valence-electron chi connectivity index (χ3n) is 5.96. The summed E-state index contributed by atoms with van der Waals surface area (Å²) in [5, 5.41) is 10.2. The molecule has 11 heteroatoms. The highest BCUT2D eigenvalue weighted by Crippen LogP contribution is 2.44. The van der Waals surface area contributed by atoms with Crippen LogP contribution >= 0.6 is 0 Å². The Morgan fingerprint density at radius 3 is 2.55 bits per heavy atom. The number of hydrogen-bond acceptors (Lipinski definition) is 6.